The molecule has 0 aliphatic rings. The van der Waals surface area contributed by atoms with Crippen LogP contribution in [0.2, 0.25) is 0 Å². The van der Waals surface area contributed by atoms with Crippen LogP contribution in [0.1, 0.15) is 6.92 Å². The lowest BCUT2D eigenvalue weighted by molar-refractivity contribution is -0.116. The van der Waals surface area contributed by atoms with Gasteiger partial charge in [-0.2, -0.15) is 0 Å². The lowest BCUT2D eigenvalue weighted by Crippen LogP contribution is -2.32. The topological polar surface area (TPSA) is 93.2 Å². The van der Waals surface area contributed by atoms with Crippen molar-refractivity contribution in [2.45, 2.75) is 13.5 Å². The zero-order chi connectivity index (χ0) is 15.2. The van der Waals surface area contributed by atoms with Crippen molar-refractivity contribution in [3.63, 3.8) is 0 Å². The molecule has 0 aliphatic carbocycles. The molecule has 1 aromatic carbocycles. The van der Waals surface area contributed by atoms with Crippen molar-refractivity contribution in [3.8, 4) is 5.75 Å². The maximum atomic E-state index is 11.8. The van der Waals surface area contributed by atoms with E-state index in [0.717, 1.165) is 4.57 Å². The van der Waals surface area contributed by atoms with Gasteiger partial charge in [-0.25, -0.2) is 4.79 Å². The summed E-state index contributed by atoms with van der Waals surface area (Å²) in [6, 6.07) is 8.08. The molecule has 0 radical (unpaired) electrons. The molecule has 0 bridgehead atoms. The van der Waals surface area contributed by atoms with Gasteiger partial charge in [0.1, 0.15) is 12.3 Å². The van der Waals surface area contributed by atoms with Gasteiger partial charge in [0.05, 0.1) is 6.61 Å². The van der Waals surface area contributed by atoms with E-state index in [-0.39, 0.29) is 12.5 Å². The molecule has 21 heavy (non-hydrogen) atoms. The molecule has 1 amide bonds. The van der Waals surface area contributed by atoms with Crippen molar-refractivity contribution in [2.24, 2.45) is 0 Å². The van der Waals surface area contributed by atoms with E-state index in [1.54, 1.807) is 24.3 Å². The number of nitrogens with zero attached hydrogens (tertiary/aromatic N) is 1. The first kappa shape index (κ1) is 14.6. The number of nitrogens with one attached hydrogen (secondary N) is 2. The van der Waals surface area contributed by atoms with Gasteiger partial charge in [0.15, 0.2) is 0 Å². The first-order valence-corrected chi connectivity index (χ1v) is 6.41. The highest BCUT2D eigenvalue weighted by molar-refractivity contribution is 5.90. The van der Waals surface area contributed by atoms with E-state index in [9.17, 15) is 14.4 Å². The van der Waals surface area contributed by atoms with E-state index in [4.69, 9.17) is 4.74 Å². The summed E-state index contributed by atoms with van der Waals surface area (Å²) in [5.41, 5.74) is -0.520. The molecule has 0 aliphatic heterocycles. The van der Waals surface area contributed by atoms with Gasteiger partial charge < -0.3 is 10.1 Å². The molecule has 0 atom stereocenters. The predicted octanol–water partition coefficient (Wildman–Crippen LogP) is 0.574. The van der Waals surface area contributed by atoms with Gasteiger partial charge >= 0.3 is 5.69 Å². The number of amides is 1. The van der Waals surface area contributed by atoms with Gasteiger partial charge in [-0.1, -0.05) is 0 Å². The highest BCUT2D eigenvalue weighted by atomic mass is 16.5. The second-order valence-electron chi connectivity index (χ2n) is 4.24. The van der Waals surface area contributed by atoms with E-state index in [2.05, 4.69) is 10.3 Å². The fourth-order valence-corrected chi connectivity index (χ4v) is 1.73. The summed E-state index contributed by atoms with van der Waals surface area (Å²) in [6.07, 6.45) is 1.28. The van der Waals surface area contributed by atoms with Crippen LogP contribution in [0, 0.1) is 0 Å². The maximum absolute atomic E-state index is 11.8. The van der Waals surface area contributed by atoms with Crippen LogP contribution in [-0.4, -0.2) is 22.1 Å². The Hall–Kier alpha value is -2.83. The summed E-state index contributed by atoms with van der Waals surface area (Å²) in [5, 5.41) is 2.66. The second-order valence-corrected chi connectivity index (χ2v) is 4.24. The van der Waals surface area contributed by atoms with Gasteiger partial charge in [-0.05, 0) is 31.2 Å². The molecular formula is C14H15N3O4. The van der Waals surface area contributed by atoms with E-state index in [1.807, 2.05) is 6.92 Å². The molecule has 0 saturated heterocycles. The normalized spacial score (nSPS) is 10.1. The highest BCUT2D eigenvalue weighted by Gasteiger charge is 2.05. The average molecular weight is 289 g/mol. The molecule has 2 rings (SSSR count). The summed E-state index contributed by atoms with van der Waals surface area (Å²) >= 11 is 0. The van der Waals surface area contributed by atoms with Gasteiger partial charge in [0, 0.05) is 18.0 Å². The monoisotopic (exact) mass is 289 g/mol. The number of ether oxygens (including phenoxy) is 1. The number of rotatable bonds is 5. The van der Waals surface area contributed by atoms with Crippen LogP contribution in [0.4, 0.5) is 5.69 Å². The largest absolute Gasteiger partial charge is 0.494 e. The molecule has 0 spiro atoms. The summed E-state index contributed by atoms with van der Waals surface area (Å²) in [5.74, 6) is 0.348. The summed E-state index contributed by atoms with van der Waals surface area (Å²) in [7, 11) is 0. The van der Waals surface area contributed by atoms with Crippen molar-refractivity contribution in [1.82, 2.24) is 9.55 Å². The quantitative estimate of drug-likeness (QED) is 0.841. The standard InChI is InChI=1S/C14H15N3O4/c1-2-21-11-5-3-10(4-6-11)15-13(19)9-17-8-7-12(18)16-14(17)20/h3-8H,2,9H2,1H3,(H,15,19)(H,16,18,20). The first-order valence-electron chi connectivity index (χ1n) is 6.41. The molecule has 110 valence electrons. The van der Waals surface area contributed by atoms with Gasteiger partial charge in [0.25, 0.3) is 5.56 Å². The SMILES string of the molecule is CCOc1ccc(NC(=O)Cn2ccc(=O)[nH]c2=O)cc1. The van der Waals surface area contributed by atoms with Crippen LogP contribution in [-0.2, 0) is 11.3 Å². The Morgan fingerprint density at radius 1 is 1.24 bits per heavy atom. The molecule has 7 nitrogen and oxygen atoms in total. The van der Waals surface area contributed by atoms with Gasteiger partial charge in [-0.15, -0.1) is 0 Å². The first-order chi connectivity index (χ1) is 10.1. The average Bonchev–Trinajstić information content (AvgIpc) is 2.44. The molecule has 7 heteroatoms. The maximum Gasteiger partial charge on any atom is 0.328 e. The number of hydrogen-bond donors (Lipinski definition) is 2. The van der Waals surface area contributed by atoms with Crippen LogP contribution < -0.4 is 21.3 Å². The molecule has 2 aromatic rings. The van der Waals surface area contributed by atoms with E-state index in [1.165, 1.54) is 12.3 Å². The number of benzene rings is 1. The molecule has 0 saturated carbocycles. The lowest BCUT2D eigenvalue weighted by atomic mass is 10.3. The Bertz CT molecular complexity index is 731. The number of carbonyl (C=O) groups is 1. The third-order valence-corrected chi connectivity index (χ3v) is 2.66. The summed E-state index contributed by atoms with van der Waals surface area (Å²) in [4.78, 5) is 36.3. The third kappa shape index (κ3) is 4.07. The van der Waals surface area contributed by atoms with Gasteiger partial charge in [0.2, 0.25) is 5.91 Å². The minimum atomic E-state index is -0.621. The smallest absolute Gasteiger partial charge is 0.328 e. The Morgan fingerprint density at radius 3 is 2.57 bits per heavy atom. The van der Waals surface area contributed by atoms with Crippen LogP contribution in [0.5, 0.6) is 5.75 Å². The Morgan fingerprint density at radius 2 is 1.95 bits per heavy atom. The summed E-state index contributed by atoms with van der Waals surface area (Å²) in [6.45, 7) is 2.28. The number of hydrogen-bond acceptors (Lipinski definition) is 4. The van der Waals surface area contributed by atoms with Crippen molar-refractivity contribution in [3.05, 3.63) is 57.4 Å². The number of aromatic amines is 1. The lowest BCUT2D eigenvalue weighted by Gasteiger charge is -2.08. The zero-order valence-corrected chi connectivity index (χ0v) is 11.5. The molecular weight excluding hydrogens is 274 g/mol. The Labute approximate surface area is 120 Å². The van der Waals surface area contributed by atoms with Crippen LogP contribution >= 0.6 is 0 Å². The third-order valence-electron chi connectivity index (χ3n) is 2.66. The molecule has 1 aromatic heterocycles. The van der Waals surface area contributed by atoms with Crippen molar-refractivity contribution in [1.29, 1.82) is 0 Å². The predicted molar refractivity (Wildman–Crippen MR) is 77.6 cm³/mol. The van der Waals surface area contributed by atoms with E-state index >= 15 is 0 Å². The number of anilines is 1. The molecule has 0 unspecified atom stereocenters. The molecule has 0 fully saturated rings. The second kappa shape index (κ2) is 6.56. The van der Waals surface area contributed by atoms with Crippen LogP contribution in [0.25, 0.3) is 0 Å². The minimum Gasteiger partial charge on any atom is -0.494 e. The van der Waals surface area contributed by atoms with Crippen molar-refractivity contribution >= 4 is 11.6 Å². The zero-order valence-electron chi connectivity index (χ0n) is 11.5. The highest BCUT2D eigenvalue weighted by Crippen LogP contribution is 2.15. The van der Waals surface area contributed by atoms with Crippen molar-refractivity contribution < 1.29 is 9.53 Å². The Kier molecular flexibility index (Phi) is 4.55. The fraction of sp³-hybridized carbons (Fsp3) is 0.214. The van der Waals surface area contributed by atoms with Crippen LogP contribution in [0.15, 0.2) is 46.1 Å². The summed E-state index contributed by atoms with van der Waals surface area (Å²) < 4.78 is 6.41. The molecule has 1 heterocycles. The van der Waals surface area contributed by atoms with E-state index < -0.39 is 11.2 Å². The van der Waals surface area contributed by atoms with E-state index in [0.29, 0.717) is 18.0 Å². The number of aromatic nitrogens is 2. The van der Waals surface area contributed by atoms with Gasteiger partial charge in [-0.3, -0.25) is 19.1 Å². The number of carbonyl (C=O) groups excluding carboxylic acids is 1. The Balaban J connectivity index is 2.01. The fourth-order valence-electron chi connectivity index (χ4n) is 1.73. The number of H-pyrrole nitrogens is 1. The molecule has 2 N–H and O–H groups in total. The van der Waals surface area contributed by atoms with Crippen LogP contribution in [0.3, 0.4) is 0 Å². The van der Waals surface area contributed by atoms with Crippen molar-refractivity contribution in [2.75, 3.05) is 11.9 Å². The minimum absolute atomic E-state index is 0.178.